The Bertz CT molecular complexity index is 1510. The van der Waals surface area contributed by atoms with Gasteiger partial charge in [-0.05, 0) is 62.7 Å². The van der Waals surface area contributed by atoms with E-state index in [1.54, 1.807) is 36.1 Å². The van der Waals surface area contributed by atoms with Crippen LogP contribution < -0.4 is 19.9 Å². The molecule has 0 spiro atoms. The number of nitrogens with zero attached hydrogens (tertiary/aromatic N) is 5. The van der Waals surface area contributed by atoms with Gasteiger partial charge in [-0.15, -0.1) is 5.10 Å². The highest BCUT2D eigenvalue weighted by molar-refractivity contribution is 6.02. The number of amides is 2. The van der Waals surface area contributed by atoms with Gasteiger partial charge in [0.25, 0.3) is 0 Å². The Morgan fingerprint density at radius 1 is 1.02 bits per heavy atom. The number of methoxy groups -OCH3 is 1. The monoisotopic (exact) mass is 556 g/mol. The molecule has 1 atom stereocenters. The van der Waals surface area contributed by atoms with Crippen LogP contribution in [-0.2, 0) is 20.9 Å². The first kappa shape index (κ1) is 28.1. The van der Waals surface area contributed by atoms with E-state index in [-0.39, 0.29) is 18.4 Å². The van der Waals surface area contributed by atoms with E-state index in [9.17, 15) is 9.59 Å². The van der Waals surface area contributed by atoms with Crippen LogP contribution in [0.15, 0.2) is 72.8 Å². The third-order valence-electron chi connectivity index (χ3n) is 6.90. The van der Waals surface area contributed by atoms with E-state index >= 15 is 0 Å². The fourth-order valence-electron chi connectivity index (χ4n) is 4.98. The molecule has 2 heterocycles. The molecular weight excluding hydrogens is 520 g/mol. The van der Waals surface area contributed by atoms with Crippen molar-refractivity contribution in [3.8, 4) is 5.75 Å². The summed E-state index contributed by atoms with van der Waals surface area (Å²) in [5.74, 6) is -0.0411. The number of nitrogens with one attached hydrogen (secondary N) is 1. The van der Waals surface area contributed by atoms with Gasteiger partial charge in [0.05, 0.1) is 25.8 Å². The minimum absolute atomic E-state index is 0.108. The molecule has 214 valence electrons. The van der Waals surface area contributed by atoms with E-state index in [4.69, 9.17) is 9.47 Å². The van der Waals surface area contributed by atoms with E-state index in [0.717, 1.165) is 24.3 Å². The van der Waals surface area contributed by atoms with Gasteiger partial charge in [-0.3, -0.25) is 14.5 Å². The molecule has 10 nitrogen and oxygen atoms in total. The summed E-state index contributed by atoms with van der Waals surface area (Å²) in [7, 11) is 1.57. The van der Waals surface area contributed by atoms with Crippen LogP contribution in [0, 0.1) is 0 Å². The number of morpholine rings is 1. The van der Waals surface area contributed by atoms with Crippen molar-refractivity contribution in [1.82, 2.24) is 20.3 Å². The molecule has 0 aliphatic carbocycles. The van der Waals surface area contributed by atoms with Gasteiger partial charge in [0.2, 0.25) is 11.8 Å². The smallest absolute Gasteiger partial charge is 0.249 e. The van der Waals surface area contributed by atoms with E-state index < -0.39 is 11.6 Å². The molecule has 10 heteroatoms. The molecular formula is C31H36N6O4. The third-order valence-corrected chi connectivity index (χ3v) is 6.90. The normalized spacial score (nSPS) is 14.5. The molecule has 2 amide bonds. The second-order valence-electron chi connectivity index (χ2n) is 11.0. The van der Waals surface area contributed by atoms with Gasteiger partial charge in [-0.1, -0.05) is 35.5 Å². The van der Waals surface area contributed by atoms with Gasteiger partial charge >= 0.3 is 0 Å². The molecule has 0 unspecified atom stereocenters. The number of anilines is 2. The predicted molar refractivity (Wildman–Crippen MR) is 158 cm³/mol. The van der Waals surface area contributed by atoms with Crippen molar-refractivity contribution in [1.29, 1.82) is 0 Å². The molecule has 0 saturated carbocycles. The number of aromatic nitrogens is 3. The summed E-state index contributed by atoms with van der Waals surface area (Å²) in [6, 6.07) is 21.5. The summed E-state index contributed by atoms with van der Waals surface area (Å²) in [6.07, 6.45) is 0. The van der Waals surface area contributed by atoms with Crippen molar-refractivity contribution in [2.75, 3.05) is 43.2 Å². The predicted octanol–water partition coefficient (Wildman–Crippen LogP) is 3.97. The minimum atomic E-state index is -0.956. The van der Waals surface area contributed by atoms with Crippen LogP contribution in [-0.4, -0.2) is 65.8 Å². The molecule has 1 N–H and O–H groups in total. The van der Waals surface area contributed by atoms with E-state index in [0.29, 0.717) is 35.7 Å². The number of fused-ring (bicyclic) bond motifs is 1. The second kappa shape index (κ2) is 12.0. The highest BCUT2D eigenvalue weighted by Crippen LogP contribution is 2.32. The summed E-state index contributed by atoms with van der Waals surface area (Å²) in [6.45, 7) is 8.60. The second-order valence-corrected chi connectivity index (χ2v) is 11.0. The van der Waals surface area contributed by atoms with Gasteiger partial charge in [0.15, 0.2) is 0 Å². The lowest BCUT2D eigenvalue weighted by Gasteiger charge is -2.34. The van der Waals surface area contributed by atoms with Crippen LogP contribution in [0.5, 0.6) is 5.75 Å². The van der Waals surface area contributed by atoms with Crippen molar-refractivity contribution in [2.45, 2.75) is 38.9 Å². The summed E-state index contributed by atoms with van der Waals surface area (Å²) >= 11 is 0. The van der Waals surface area contributed by atoms with Gasteiger partial charge in [-0.25, -0.2) is 4.68 Å². The minimum Gasteiger partial charge on any atom is -0.497 e. The van der Waals surface area contributed by atoms with Crippen molar-refractivity contribution >= 4 is 34.2 Å². The quantitative estimate of drug-likeness (QED) is 0.351. The highest BCUT2D eigenvalue weighted by atomic mass is 16.5. The third kappa shape index (κ3) is 6.49. The molecule has 1 aromatic heterocycles. The number of carbonyl (C=O) groups is 2. The van der Waals surface area contributed by atoms with E-state index in [1.165, 1.54) is 4.90 Å². The molecule has 0 bridgehead atoms. The van der Waals surface area contributed by atoms with Crippen molar-refractivity contribution < 1.29 is 19.1 Å². The maximum atomic E-state index is 14.2. The number of hydrogen-bond donors (Lipinski definition) is 1. The topological polar surface area (TPSA) is 102 Å². The molecule has 0 radical (unpaired) electrons. The number of para-hydroxylation sites is 1. The molecule has 1 aliphatic heterocycles. The van der Waals surface area contributed by atoms with Crippen LogP contribution in [0.25, 0.3) is 11.0 Å². The SMILES string of the molecule is COc1cccc(N(C(=O)Cn2nnc3ccccc32)[C@H](C(=O)NC(C)(C)C)c2ccc(N3CCOCC3)cc2)c1. The van der Waals surface area contributed by atoms with Gasteiger partial charge in [0, 0.05) is 36.1 Å². The molecule has 1 saturated heterocycles. The van der Waals surface area contributed by atoms with Crippen molar-refractivity contribution in [2.24, 2.45) is 0 Å². The summed E-state index contributed by atoms with van der Waals surface area (Å²) < 4.78 is 12.5. The number of benzene rings is 3. The Hall–Kier alpha value is -4.44. The number of ether oxygens (including phenoxy) is 2. The largest absolute Gasteiger partial charge is 0.497 e. The Labute approximate surface area is 239 Å². The molecule has 41 heavy (non-hydrogen) atoms. The summed E-state index contributed by atoms with van der Waals surface area (Å²) in [5.41, 5.74) is 3.16. The molecule has 3 aromatic carbocycles. The maximum Gasteiger partial charge on any atom is 0.249 e. The van der Waals surface area contributed by atoms with E-state index in [2.05, 4.69) is 20.5 Å². The molecule has 5 rings (SSSR count). The average molecular weight is 557 g/mol. The van der Waals surface area contributed by atoms with Crippen LogP contribution in [0.2, 0.25) is 0 Å². The van der Waals surface area contributed by atoms with Crippen LogP contribution >= 0.6 is 0 Å². The van der Waals surface area contributed by atoms with Gasteiger partial charge in [-0.2, -0.15) is 0 Å². The van der Waals surface area contributed by atoms with Gasteiger partial charge in [0.1, 0.15) is 23.9 Å². The Morgan fingerprint density at radius 3 is 2.46 bits per heavy atom. The highest BCUT2D eigenvalue weighted by Gasteiger charge is 2.35. The standard InChI is InChI=1S/C31H36N6O4/c1-31(2,3)32-30(39)29(22-12-14-23(15-13-22)35-16-18-41-19-17-35)37(24-8-7-9-25(20-24)40-4)28(38)21-36-27-11-6-5-10-26(27)33-34-36/h5-15,20,29H,16-19,21H2,1-4H3,(H,32,39)/t29-/m0/s1. The van der Waals surface area contributed by atoms with E-state index in [1.807, 2.05) is 69.3 Å². The maximum absolute atomic E-state index is 14.2. The van der Waals surface area contributed by atoms with Crippen LogP contribution in [0.1, 0.15) is 32.4 Å². The lowest BCUT2D eigenvalue weighted by atomic mass is 10.00. The van der Waals surface area contributed by atoms with Gasteiger partial charge < -0.3 is 19.7 Å². The number of rotatable bonds is 8. The average Bonchev–Trinajstić information content (AvgIpc) is 3.38. The van der Waals surface area contributed by atoms with Crippen LogP contribution in [0.3, 0.4) is 0 Å². The Morgan fingerprint density at radius 2 is 1.76 bits per heavy atom. The molecule has 1 fully saturated rings. The first-order valence-electron chi connectivity index (χ1n) is 13.7. The Balaban J connectivity index is 1.58. The van der Waals surface area contributed by atoms with Crippen LogP contribution in [0.4, 0.5) is 11.4 Å². The fraction of sp³-hybridized carbons (Fsp3) is 0.355. The zero-order chi connectivity index (χ0) is 29.0. The van der Waals surface area contributed by atoms with Crippen molar-refractivity contribution in [3.05, 3.63) is 78.4 Å². The molecule has 1 aliphatic rings. The number of carbonyl (C=O) groups excluding carboxylic acids is 2. The Kier molecular flexibility index (Phi) is 8.21. The first-order valence-corrected chi connectivity index (χ1v) is 13.7. The lowest BCUT2D eigenvalue weighted by molar-refractivity contribution is -0.128. The zero-order valence-corrected chi connectivity index (χ0v) is 23.9. The first-order chi connectivity index (χ1) is 19.7. The summed E-state index contributed by atoms with van der Waals surface area (Å²) in [5, 5.41) is 11.5. The zero-order valence-electron chi connectivity index (χ0n) is 23.9. The molecule has 4 aromatic rings. The lowest BCUT2D eigenvalue weighted by Crippen LogP contribution is -2.50. The number of hydrogen-bond acceptors (Lipinski definition) is 7. The summed E-state index contributed by atoms with van der Waals surface area (Å²) in [4.78, 5) is 32.1. The van der Waals surface area contributed by atoms with Crippen molar-refractivity contribution in [3.63, 3.8) is 0 Å². The fourth-order valence-corrected chi connectivity index (χ4v) is 4.98.